The Morgan fingerprint density at radius 3 is 2.31 bits per heavy atom. The molecule has 2 amide bonds. The van der Waals surface area contributed by atoms with Gasteiger partial charge in [0.1, 0.15) is 5.75 Å². The molecule has 262 valence electrons. The van der Waals surface area contributed by atoms with Gasteiger partial charge >= 0.3 is 11.5 Å². The molecule has 16 heteroatoms. The molecule has 2 aromatic rings. The Balaban J connectivity index is 1.31. The lowest BCUT2D eigenvalue weighted by atomic mass is 9.73. The summed E-state index contributed by atoms with van der Waals surface area (Å²) in [5.41, 5.74) is -6.79. The van der Waals surface area contributed by atoms with Crippen LogP contribution in [0.2, 0.25) is 0 Å². The van der Waals surface area contributed by atoms with Crippen LogP contribution in [0, 0.1) is 29.0 Å². The van der Waals surface area contributed by atoms with Gasteiger partial charge in [-0.3, -0.25) is 14.4 Å². The molecule has 3 fully saturated rings. The predicted octanol–water partition coefficient (Wildman–Crippen LogP) is 4.95. The molecule has 0 saturated heterocycles. The minimum absolute atomic E-state index is 0.0324. The highest BCUT2D eigenvalue weighted by atomic mass is 32.2. The Morgan fingerprint density at radius 2 is 1.69 bits per heavy atom. The number of fused-ring (bicyclic) bond motifs is 2. The van der Waals surface area contributed by atoms with Crippen molar-refractivity contribution in [3.63, 3.8) is 0 Å². The Labute approximate surface area is 274 Å². The van der Waals surface area contributed by atoms with Crippen molar-refractivity contribution in [1.29, 1.82) is 0 Å². The molecule has 4 atom stereocenters. The molecule has 2 bridgehead atoms. The van der Waals surface area contributed by atoms with Crippen LogP contribution in [-0.4, -0.2) is 69.8 Å². The monoisotopic (exact) mass is 700 g/mol. The fourth-order valence-electron chi connectivity index (χ4n) is 7.31. The molecule has 11 nitrogen and oxygen atoms in total. The summed E-state index contributed by atoms with van der Waals surface area (Å²) in [5.74, 6) is -4.34. The molecular formula is C32H36F4N2O9S. The second-order valence-corrected chi connectivity index (χ2v) is 14.6. The van der Waals surface area contributed by atoms with E-state index in [1.54, 1.807) is 0 Å². The fraction of sp³-hybridized carbons (Fsp3) is 0.531. The van der Waals surface area contributed by atoms with Gasteiger partial charge in [0.25, 0.3) is 15.7 Å². The summed E-state index contributed by atoms with van der Waals surface area (Å²) >= 11 is 0. The first-order valence-corrected chi connectivity index (χ1v) is 16.9. The van der Waals surface area contributed by atoms with Gasteiger partial charge in [-0.05, 0) is 81.0 Å². The van der Waals surface area contributed by atoms with Crippen LogP contribution in [0.15, 0.2) is 41.3 Å². The van der Waals surface area contributed by atoms with Crippen LogP contribution in [0.4, 0.5) is 23.2 Å². The van der Waals surface area contributed by atoms with Crippen molar-refractivity contribution < 1.29 is 59.7 Å². The molecule has 0 radical (unpaired) electrons. The molecule has 3 aliphatic rings. The van der Waals surface area contributed by atoms with Crippen LogP contribution < -0.4 is 20.1 Å². The molecule has 0 aliphatic heterocycles. The van der Waals surface area contributed by atoms with E-state index in [4.69, 9.17) is 14.2 Å². The number of halogens is 4. The van der Waals surface area contributed by atoms with Gasteiger partial charge in [0.05, 0.1) is 41.6 Å². The zero-order chi connectivity index (χ0) is 35.0. The number of amides is 2. The summed E-state index contributed by atoms with van der Waals surface area (Å²) in [7, 11) is -2.96. The number of hydrogen-bond acceptors (Lipinski definition) is 8. The van der Waals surface area contributed by atoms with E-state index in [2.05, 4.69) is 10.6 Å². The van der Waals surface area contributed by atoms with Crippen molar-refractivity contribution in [1.82, 2.24) is 5.32 Å². The smallest absolute Gasteiger partial charge is 0.496 e. The Bertz CT molecular complexity index is 1680. The van der Waals surface area contributed by atoms with Gasteiger partial charge in [-0.25, -0.2) is 12.8 Å². The Morgan fingerprint density at radius 1 is 1.00 bits per heavy atom. The van der Waals surface area contributed by atoms with Gasteiger partial charge in [-0.1, -0.05) is 6.07 Å². The minimum atomic E-state index is -5.64. The Hall–Kier alpha value is -3.92. The Kier molecular flexibility index (Phi) is 9.98. The van der Waals surface area contributed by atoms with Gasteiger partial charge in [0.15, 0.2) is 11.6 Å². The largest absolute Gasteiger partial charge is 0.501 e. The number of carbonyl (C=O) groups is 3. The number of carboxylic acids is 1. The lowest BCUT2D eigenvalue weighted by Crippen LogP contribution is -2.48. The lowest BCUT2D eigenvalue weighted by Gasteiger charge is -2.36. The van der Waals surface area contributed by atoms with Crippen molar-refractivity contribution in [2.24, 2.45) is 23.2 Å². The van der Waals surface area contributed by atoms with Crippen LogP contribution in [0.3, 0.4) is 0 Å². The van der Waals surface area contributed by atoms with Crippen molar-refractivity contribution >= 4 is 33.3 Å². The average molecular weight is 701 g/mol. The van der Waals surface area contributed by atoms with Gasteiger partial charge in [0.2, 0.25) is 5.91 Å². The zero-order valence-corrected chi connectivity index (χ0v) is 27.0. The number of rotatable bonds is 11. The zero-order valence-electron chi connectivity index (χ0n) is 26.1. The molecule has 0 unspecified atom stereocenters. The van der Waals surface area contributed by atoms with Crippen molar-refractivity contribution in [3.05, 3.63) is 47.8 Å². The first-order chi connectivity index (χ1) is 22.6. The van der Waals surface area contributed by atoms with E-state index >= 15 is 4.39 Å². The highest BCUT2D eigenvalue weighted by Crippen LogP contribution is 2.49. The molecule has 3 N–H and O–H groups in total. The van der Waals surface area contributed by atoms with E-state index < -0.39 is 67.3 Å². The molecule has 0 heterocycles. The molecular weight excluding hydrogens is 664 g/mol. The first-order valence-electron chi connectivity index (χ1n) is 15.4. The molecule has 5 rings (SSSR count). The van der Waals surface area contributed by atoms with Crippen molar-refractivity contribution in [2.75, 3.05) is 26.1 Å². The maximum Gasteiger partial charge on any atom is 0.501 e. The van der Waals surface area contributed by atoms with E-state index in [1.807, 2.05) is 0 Å². The van der Waals surface area contributed by atoms with Gasteiger partial charge in [-0.2, -0.15) is 13.2 Å². The van der Waals surface area contributed by atoms with Gasteiger partial charge in [0, 0.05) is 24.9 Å². The third kappa shape index (κ3) is 6.81. The number of ether oxygens (including phenoxy) is 3. The number of carbonyl (C=O) groups excluding carboxylic acids is 2. The molecule has 2 aromatic carbocycles. The molecule has 3 saturated carbocycles. The molecule has 0 spiro atoms. The number of aliphatic carboxylic acids is 1. The summed E-state index contributed by atoms with van der Waals surface area (Å²) in [6, 6.07) is 5.40. The second-order valence-electron chi connectivity index (χ2n) is 12.6. The maximum absolute atomic E-state index is 15.1. The lowest BCUT2D eigenvalue weighted by molar-refractivity contribution is -0.156. The maximum atomic E-state index is 15.1. The number of alkyl halides is 3. The normalized spacial score (nSPS) is 26.9. The van der Waals surface area contributed by atoms with E-state index in [-0.39, 0.29) is 54.0 Å². The van der Waals surface area contributed by atoms with Crippen molar-refractivity contribution in [2.45, 2.75) is 67.5 Å². The third-order valence-electron chi connectivity index (χ3n) is 9.79. The summed E-state index contributed by atoms with van der Waals surface area (Å²) in [6.07, 6.45) is 2.63. The van der Waals surface area contributed by atoms with E-state index in [9.17, 15) is 41.1 Å². The van der Waals surface area contributed by atoms with E-state index in [0.29, 0.717) is 25.7 Å². The number of carboxylic acid groups (broad SMARTS) is 1. The number of sulfone groups is 1. The van der Waals surface area contributed by atoms with Gasteiger partial charge < -0.3 is 30.0 Å². The molecule has 0 aromatic heterocycles. The summed E-state index contributed by atoms with van der Waals surface area (Å²) < 4.78 is 94.5. The van der Waals surface area contributed by atoms with Crippen molar-refractivity contribution in [3.8, 4) is 11.5 Å². The van der Waals surface area contributed by atoms with Crippen LogP contribution in [0.25, 0.3) is 0 Å². The minimum Gasteiger partial charge on any atom is -0.496 e. The number of nitrogens with one attached hydrogen (secondary N) is 2. The summed E-state index contributed by atoms with van der Waals surface area (Å²) in [5, 5.41) is 15.1. The fourth-order valence-corrected chi connectivity index (χ4v) is 8.12. The number of hydrogen-bond donors (Lipinski definition) is 3. The van der Waals surface area contributed by atoms with E-state index in [0.717, 1.165) is 30.7 Å². The second kappa shape index (κ2) is 13.5. The number of benzene rings is 2. The number of anilines is 1. The van der Waals surface area contributed by atoms with Crippen LogP contribution in [-0.2, 0) is 24.2 Å². The summed E-state index contributed by atoms with van der Waals surface area (Å²) in [6.45, 7) is 0.0324. The number of methoxy groups -OCH3 is 2. The molecule has 48 heavy (non-hydrogen) atoms. The average Bonchev–Trinajstić information content (AvgIpc) is 3.64. The quantitative estimate of drug-likeness (QED) is 0.276. The topological polar surface area (TPSA) is 157 Å². The third-order valence-corrected chi connectivity index (χ3v) is 11.3. The predicted molar refractivity (Wildman–Crippen MR) is 162 cm³/mol. The summed E-state index contributed by atoms with van der Waals surface area (Å²) in [4.78, 5) is 38.0. The standard InChI is InChI=1S/C32H36F4N2O9S/c1-45-16-31(30(41)42)10-8-20(9-11-31)47-25-14-22(24(46-2)15-23(25)33)28(39)38-27-18-7-6-17(12-18)26(27)29(40)37-19-4-3-5-21(13-19)48(43,44)32(34,35)36/h3-5,13-15,17-18,20,26-27H,6-12,16H2,1-2H3,(H,37,40)(H,38,39)(H,41,42)/t17-,18+,20-,26-,27+,31-/m0/s1. The first kappa shape index (κ1) is 35.4. The SMILES string of the molecule is COC[C@]1(C(=O)O)CC[C@H](Oc2cc(C(=O)N[C@@H]3[C@@H]4CC[C@@H](C4)[C@@H]3C(=O)Nc3cccc(S(=O)(=O)C(F)(F)F)c3)c(OC)cc2F)CC1. The van der Waals surface area contributed by atoms with Crippen LogP contribution in [0.5, 0.6) is 11.5 Å². The van der Waals surface area contributed by atoms with E-state index in [1.165, 1.54) is 26.4 Å². The van der Waals surface area contributed by atoms with Gasteiger partial charge in [-0.15, -0.1) is 0 Å². The highest BCUT2D eigenvalue weighted by Gasteiger charge is 2.52. The highest BCUT2D eigenvalue weighted by molar-refractivity contribution is 7.92. The van der Waals surface area contributed by atoms with Crippen LogP contribution in [0.1, 0.15) is 55.3 Å². The van der Waals surface area contributed by atoms with Crippen LogP contribution >= 0.6 is 0 Å². The molecule has 3 aliphatic carbocycles.